The first-order chi connectivity index (χ1) is 8.61. The Bertz CT molecular complexity index is 526. The van der Waals surface area contributed by atoms with Gasteiger partial charge in [0.2, 0.25) is 0 Å². The molecule has 1 atom stereocenters. The fourth-order valence-electron chi connectivity index (χ4n) is 1.99. The molecule has 0 radical (unpaired) electrons. The highest BCUT2D eigenvalue weighted by molar-refractivity contribution is 7.99. The molecule has 1 N–H and O–H groups in total. The van der Waals surface area contributed by atoms with E-state index < -0.39 is 9.84 Å². The fraction of sp³-hybridized carbons (Fsp3) is 0.385. The van der Waals surface area contributed by atoms with Crippen LogP contribution in [0.4, 0.5) is 5.69 Å². The smallest absolute Gasteiger partial charge is 0.152 e. The van der Waals surface area contributed by atoms with Gasteiger partial charge in [-0.05, 0) is 18.6 Å². The maximum absolute atomic E-state index is 11.4. The van der Waals surface area contributed by atoms with Gasteiger partial charge < -0.3 is 5.32 Å². The van der Waals surface area contributed by atoms with E-state index in [1.54, 1.807) is 11.8 Å². The van der Waals surface area contributed by atoms with Gasteiger partial charge in [0.15, 0.2) is 9.84 Å². The van der Waals surface area contributed by atoms with Crippen molar-refractivity contribution in [1.29, 1.82) is 0 Å². The van der Waals surface area contributed by atoms with Gasteiger partial charge >= 0.3 is 0 Å². The average Bonchev–Trinajstić information content (AvgIpc) is 2.68. The third kappa shape index (κ3) is 3.53. The lowest BCUT2D eigenvalue weighted by molar-refractivity contribution is 0.602. The zero-order valence-electron chi connectivity index (χ0n) is 10.1. The molecular formula is C13H17NO2S2. The number of hydrogen-bond donors (Lipinski definition) is 1. The van der Waals surface area contributed by atoms with Crippen molar-refractivity contribution in [2.75, 3.05) is 22.6 Å². The number of benzene rings is 1. The largest absolute Gasteiger partial charge is 0.380 e. The molecule has 98 valence electrons. The van der Waals surface area contributed by atoms with Crippen LogP contribution in [0.25, 0.3) is 0 Å². The maximum Gasteiger partial charge on any atom is 0.152 e. The summed E-state index contributed by atoms with van der Waals surface area (Å²) < 4.78 is 22.9. The minimum atomic E-state index is -2.83. The zero-order valence-corrected chi connectivity index (χ0v) is 11.8. The number of thioether (sulfide) groups is 1. The molecule has 1 fully saturated rings. The summed E-state index contributed by atoms with van der Waals surface area (Å²) in [4.78, 5) is 1.14. The summed E-state index contributed by atoms with van der Waals surface area (Å²) in [5, 5.41) is 3.34. The van der Waals surface area contributed by atoms with Crippen LogP contribution >= 0.6 is 11.8 Å². The van der Waals surface area contributed by atoms with E-state index in [0.29, 0.717) is 12.2 Å². The van der Waals surface area contributed by atoms with Crippen molar-refractivity contribution >= 4 is 27.3 Å². The van der Waals surface area contributed by atoms with E-state index in [9.17, 15) is 8.42 Å². The highest BCUT2D eigenvalue weighted by Gasteiger charge is 2.27. The first-order valence-electron chi connectivity index (χ1n) is 5.90. The molecular weight excluding hydrogens is 266 g/mol. The van der Waals surface area contributed by atoms with Crippen LogP contribution < -0.4 is 5.32 Å². The first kappa shape index (κ1) is 13.5. The minimum absolute atomic E-state index is 0.0421. The predicted molar refractivity (Wildman–Crippen MR) is 78.0 cm³/mol. The Balaban J connectivity index is 2.07. The topological polar surface area (TPSA) is 46.2 Å². The summed E-state index contributed by atoms with van der Waals surface area (Å²) in [6, 6.07) is 8.03. The molecule has 0 saturated carbocycles. The van der Waals surface area contributed by atoms with Crippen molar-refractivity contribution in [3.8, 4) is 0 Å². The Morgan fingerprint density at radius 2 is 2.22 bits per heavy atom. The van der Waals surface area contributed by atoms with E-state index in [4.69, 9.17) is 0 Å². The Kier molecular flexibility index (Phi) is 4.35. The van der Waals surface area contributed by atoms with Gasteiger partial charge in [-0.1, -0.05) is 18.2 Å². The molecule has 1 aliphatic rings. The third-order valence-electron chi connectivity index (χ3n) is 2.84. The van der Waals surface area contributed by atoms with E-state index in [1.807, 2.05) is 30.3 Å². The van der Waals surface area contributed by atoms with E-state index in [1.165, 1.54) is 0 Å². The van der Waals surface area contributed by atoms with Gasteiger partial charge in [0.05, 0.1) is 11.5 Å². The lowest BCUT2D eigenvalue weighted by atomic mass is 10.2. The number of anilines is 1. The number of rotatable bonds is 5. The van der Waals surface area contributed by atoms with Crippen molar-refractivity contribution in [2.45, 2.75) is 17.4 Å². The van der Waals surface area contributed by atoms with Gasteiger partial charge in [0, 0.05) is 22.4 Å². The van der Waals surface area contributed by atoms with E-state index in [0.717, 1.165) is 16.3 Å². The Morgan fingerprint density at radius 1 is 1.44 bits per heavy atom. The first-order valence-corrected chi connectivity index (χ1v) is 8.71. The second kappa shape index (κ2) is 5.80. The maximum atomic E-state index is 11.4. The molecule has 2 rings (SSSR count). The van der Waals surface area contributed by atoms with Crippen LogP contribution in [0.1, 0.15) is 6.42 Å². The van der Waals surface area contributed by atoms with Crippen molar-refractivity contribution in [2.24, 2.45) is 0 Å². The summed E-state index contributed by atoms with van der Waals surface area (Å²) >= 11 is 1.70. The lowest BCUT2D eigenvalue weighted by Crippen LogP contribution is -2.20. The molecule has 18 heavy (non-hydrogen) atoms. The van der Waals surface area contributed by atoms with Gasteiger partial charge in [-0.25, -0.2) is 8.42 Å². The second-order valence-electron chi connectivity index (χ2n) is 4.34. The highest BCUT2D eigenvalue weighted by Crippen LogP contribution is 2.28. The predicted octanol–water partition coefficient (Wildman–Crippen LogP) is 2.56. The van der Waals surface area contributed by atoms with Crippen LogP contribution in [-0.4, -0.2) is 31.7 Å². The standard InChI is InChI=1S/C13H17NO2S2/c1-2-8-17-13-6-4-3-5-12(13)14-11-7-9-18(15,16)10-11/h2-6,11,14H,1,7-10H2. The molecule has 0 aromatic heterocycles. The molecule has 3 nitrogen and oxygen atoms in total. The molecule has 0 bridgehead atoms. The molecule has 1 unspecified atom stereocenters. The Hall–Kier alpha value is -0.940. The molecule has 0 amide bonds. The molecule has 1 saturated heterocycles. The van der Waals surface area contributed by atoms with Gasteiger partial charge in [0.25, 0.3) is 0 Å². The molecule has 0 aliphatic carbocycles. The minimum Gasteiger partial charge on any atom is -0.380 e. The lowest BCUT2D eigenvalue weighted by Gasteiger charge is -2.15. The molecule has 0 spiro atoms. The Labute approximate surface area is 113 Å². The monoisotopic (exact) mass is 283 g/mol. The van der Waals surface area contributed by atoms with E-state index >= 15 is 0 Å². The van der Waals surface area contributed by atoms with Crippen molar-refractivity contribution in [1.82, 2.24) is 0 Å². The number of sulfone groups is 1. The number of hydrogen-bond acceptors (Lipinski definition) is 4. The van der Waals surface area contributed by atoms with Gasteiger partial charge in [-0.15, -0.1) is 18.3 Å². The fourth-order valence-corrected chi connectivity index (χ4v) is 4.42. The number of nitrogens with one attached hydrogen (secondary N) is 1. The zero-order chi connectivity index (χ0) is 13.0. The van der Waals surface area contributed by atoms with E-state index in [2.05, 4.69) is 11.9 Å². The average molecular weight is 283 g/mol. The molecule has 1 heterocycles. The summed E-state index contributed by atoms with van der Waals surface area (Å²) in [6.07, 6.45) is 2.56. The number of para-hydroxylation sites is 1. The van der Waals surface area contributed by atoms with Gasteiger partial charge in [-0.2, -0.15) is 0 Å². The normalized spacial score (nSPS) is 21.7. The van der Waals surface area contributed by atoms with Gasteiger partial charge in [0.1, 0.15) is 0 Å². The van der Waals surface area contributed by atoms with Crippen LogP contribution in [-0.2, 0) is 9.84 Å². The SMILES string of the molecule is C=CCSc1ccccc1NC1CCS(=O)(=O)C1. The Morgan fingerprint density at radius 3 is 2.89 bits per heavy atom. The highest BCUT2D eigenvalue weighted by atomic mass is 32.2. The third-order valence-corrected chi connectivity index (χ3v) is 5.67. The van der Waals surface area contributed by atoms with Crippen LogP contribution in [0, 0.1) is 0 Å². The summed E-state index contributed by atoms with van der Waals surface area (Å²) in [6.45, 7) is 3.71. The quantitative estimate of drug-likeness (QED) is 0.666. The summed E-state index contributed by atoms with van der Waals surface area (Å²) in [5.41, 5.74) is 1.02. The van der Waals surface area contributed by atoms with Crippen LogP contribution in [0.5, 0.6) is 0 Å². The van der Waals surface area contributed by atoms with Crippen LogP contribution in [0.15, 0.2) is 41.8 Å². The van der Waals surface area contributed by atoms with Gasteiger partial charge in [-0.3, -0.25) is 0 Å². The van der Waals surface area contributed by atoms with Crippen molar-refractivity contribution < 1.29 is 8.42 Å². The molecule has 5 heteroatoms. The van der Waals surface area contributed by atoms with E-state index in [-0.39, 0.29) is 11.8 Å². The second-order valence-corrected chi connectivity index (χ2v) is 7.63. The van der Waals surface area contributed by atoms with Crippen LogP contribution in [0.3, 0.4) is 0 Å². The molecule has 1 aromatic rings. The summed E-state index contributed by atoms with van der Waals surface area (Å²) in [7, 11) is -2.83. The molecule has 1 aliphatic heterocycles. The van der Waals surface area contributed by atoms with Crippen molar-refractivity contribution in [3.05, 3.63) is 36.9 Å². The molecule has 1 aromatic carbocycles. The summed E-state index contributed by atoms with van der Waals surface area (Å²) in [5.74, 6) is 1.39. The van der Waals surface area contributed by atoms with Crippen molar-refractivity contribution in [3.63, 3.8) is 0 Å². The van der Waals surface area contributed by atoms with Crippen LogP contribution in [0.2, 0.25) is 0 Å².